The molecule has 9 heteroatoms. The van der Waals surface area contributed by atoms with Crippen LogP contribution in [-0.2, 0) is 0 Å². The van der Waals surface area contributed by atoms with Crippen molar-refractivity contribution < 1.29 is 8.78 Å². The minimum absolute atomic E-state index is 0.239. The Kier molecular flexibility index (Phi) is 4.93. The van der Waals surface area contributed by atoms with E-state index in [2.05, 4.69) is 30.3 Å². The van der Waals surface area contributed by atoms with E-state index >= 15 is 0 Å². The van der Waals surface area contributed by atoms with Gasteiger partial charge in [0.15, 0.2) is 17.3 Å². The van der Waals surface area contributed by atoms with E-state index in [1.54, 1.807) is 23.1 Å². The zero-order valence-corrected chi connectivity index (χ0v) is 17.0. The number of benzene rings is 1. The molecule has 1 aliphatic rings. The molecule has 1 saturated heterocycles. The van der Waals surface area contributed by atoms with Crippen LogP contribution < -0.4 is 10.2 Å². The topological polar surface area (TPSA) is 71.2 Å². The summed E-state index contributed by atoms with van der Waals surface area (Å²) in [7, 11) is 0. The van der Waals surface area contributed by atoms with Crippen molar-refractivity contribution in [2.24, 2.45) is 0 Å². The molecule has 1 N–H and O–H groups in total. The SMILES string of the molecule is Cc1cc(-c2ccc(F)c(F)c2)c2nc(NC3CCN(c4ccncn4)CC3)nn2c1. The van der Waals surface area contributed by atoms with Crippen molar-refractivity contribution in [2.45, 2.75) is 25.8 Å². The van der Waals surface area contributed by atoms with Crippen LogP contribution in [0.1, 0.15) is 18.4 Å². The first-order chi connectivity index (χ1) is 15.1. The molecule has 0 spiro atoms. The van der Waals surface area contributed by atoms with E-state index in [0.717, 1.165) is 43.4 Å². The molecule has 4 heterocycles. The third-order valence-electron chi connectivity index (χ3n) is 5.52. The summed E-state index contributed by atoms with van der Waals surface area (Å²) in [5, 5.41) is 7.99. The van der Waals surface area contributed by atoms with Gasteiger partial charge < -0.3 is 10.2 Å². The van der Waals surface area contributed by atoms with E-state index in [9.17, 15) is 8.78 Å². The highest BCUT2D eigenvalue weighted by atomic mass is 19.2. The fourth-order valence-corrected chi connectivity index (χ4v) is 3.96. The second kappa shape index (κ2) is 7.90. The van der Waals surface area contributed by atoms with Gasteiger partial charge in [-0.1, -0.05) is 6.07 Å². The summed E-state index contributed by atoms with van der Waals surface area (Å²) in [5.74, 6) is -0.295. The lowest BCUT2D eigenvalue weighted by molar-refractivity contribution is 0.509. The third-order valence-corrected chi connectivity index (χ3v) is 5.52. The summed E-state index contributed by atoms with van der Waals surface area (Å²) in [6.07, 6.45) is 7.03. The number of hydrogen-bond donors (Lipinski definition) is 1. The smallest absolute Gasteiger partial charge is 0.243 e. The van der Waals surface area contributed by atoms with Gasteiger partial charge in [0, 0.05) is 37.1 Å². The number of rotatable bonds is 4. The van der Waals surface area contributed by atoms with Crippen LogP contribution in [0.3, 0.4) is 0 Å². The molecule has 1 aromatic carbocycles. The van der Waals surface area contributed by atoms with Crippen molar-refractivity contribution in [1.29, 1.82) is 0 Å². The number of piperidine rings is 1. The molecule has 31 heavy (non-hydrogen) atoms. The van der Waals surface area contributed by atoms with Crippen LogP contribution in [0, 0.1) is 18.6 Å². The van der Waals surface area contributed by atoms with E-state index in [1.807, 2.05) is 25.3 Å². The molecule has 7 nitrogen and oxygen atoms in total. The van der Waals surface area contributed by atoms with E-state index in [-0.39, 0.29) is 6.04 Å². The molecule has 158 valence electrons. The van der Waals surface area contributed by atoms with Crippen LogP contribution in [-0.4, -0.2) is 43.7 Å². The second-order valence-electron chi connectivity index (χ2n) is 7.74. The first kappa shape index (κ1) is 19.3. The molecule has 0 unspecified atom stereocenters. The number of aryl methyl sites for hydroxylation is 1. The average Bonchev–Trinajstić information content (AvgIpc) is 3.18. The lowest BCUT2D eigenvalue weighted by Gasteiger charge is -2.32. The molecule has 0 atom stereocenters. The number of fused-ring (bicyclic) bond motifs is 1. The first-order valence-corrected chi connectivity index (χ1v) is 10.2. The van der Waals surface area contributed by atoms with Gasteiger partial charge in [-0.05, 0) is 55.2 Å². The Morgan fingerprint density at radius 2 is 1.90 bits per heavy atom. The summed E-state index contributed by atoms with van der Waals surface area (Å²) in [4.78, 5) is 15.2. The van der Waals surface area contributed by atoms with Gasteiger partial charge in [0.1, 0.15) is 12.1 Å². The third kappa shape index (κ3) is 3.90. The minimum atomic E-state index is -0.884. The molecule has 1 fully saturated rings. The van der Waals surface area contributed by atoms with Crippen molar-refractivity contribution in [1.82, 2.24) is 24.6 Å². The van der Waals surface area contributed by atoms with Crippen molar-refractivity contribution in [3.8, 4) is 11.1 Å². The first-order valence-electron chi connectivity index (χ1n) is 10.2. The zero-order valence-electron chi connectivity index (χ0n) is 17.0. The summed E-state index contributed by atoms with van der Waals surface area (Å²) >= 11 is 0. The van der Waals surface area contributed by atoms with Crippen molar-refractivity contribution >= 4 is 17.4 Å². The maximum absolute atomic E-state index is 13.8. The quantitative estimate of drug-likeness (QED) is 0.540. The van der Waals surface area contributed by atoms with Crippen LogP contribution >= 0.6 is 0 Å². The maximum atomic E-state index is 13.8. The van der Waals surface area contributed by atoms with Crippen molar-refractivity contribution in [3.05, 3.63) is 66.3 Å². The lowest BCUT2D eigenvalue weighted by atomic mass is 10.1. The predicted octanol–water partition coefficient (Wildman–Crippen LogP) is 3.85. The van der Waals surface area contributed by atoms with Gasteiger partial charge in [-0.2, -0.15) is 4.98 Å². The maximum Gasteiger partial charge on any atom is 0.243 e. The summed E-state index contributed by atoms with van der Waals surface area (Å²) < 4.78 is 28.9. The highest BCUT2D eigenvalue weighted by Crippen LogP contribution is 2.27. The predicted molar refractivity (Wildman–Crippen MR) is 114 cm³/mol. The lowest BCUT2D eigenvalue weighted by Crippen LogP contribution is -2.39. The van der Waals surface area contributed by atoms with E-state index < -0.39 is 11.6 Å². The standard InChI is InChI=1S/C22H21F2N7/c1-14-10-17(15-2-3-18(23)19(24)11-15)21-28-22(29-31(21)12-14)27-16-5-8-30(9-6-16)20-4-7-25-13-26-20/h2-4,7,10-13,16H,5-6,8-9H2,1H3,(H,27,29). The number of nitrogens with zero attached hydrogens (tertiary/aromatic N) is 6. The van der Waals surface area contributed by atoms with Gasteiger partial charge >= 0.3 is 0 Å². The van der Waals surface area contributed by atoms with E-state index in [0.29, 0.717) is 22.7 Å². The van der Waals surface area contributed by atoms with Crippen LogP contribution in [0.25, 0.3) is 16.8 Å². The normalized spacial score (nSPS) is 14.9. The fraction of sp³-hybridized carbons (Fsp3) is 0.273. The molecule has 0 aliphatic carbocycles. The molecule has 0 amide bonds. The van der Waals surface area contributed by atoms with Crippen LogP contribution in [0.4, 0.5) is 20.5 Å². The minimum Gasteiger partial charge on any atom is -0.356 e. The Bertz CT molecular complexity index is 1220. The summed E-state index contributed by atoms with van der Waals surface area (Å²) in [5.41, 5.74) is 2.81. The molecule has 4 aromatic rings. The van der Waals surface area contributed by atoms with Crippen molar-refractivity contribution in [2.75, 3.05) is 23.3 Å². The van der Waals surface area contributed by atoms with Crippen LogP contribution in [0.15, 0.2) is 49.1 Å². The number of hydrogen-bond acceptors (Lipinski definition) is 6. The van der Waals surface area contributed by atoms with E-state index in [4.69, 9.17) is 0 Å². The molecule has 0 radical (unpaired) electrons. The molecule has 5 rings (SSSR count). The molecule has 1 aliphatic heterocycles. The van der Waals surface area contributed by atoms with Crippen LogP contribution in [0.5, 0.6) is 0 Å². The number of aromatic nitrogens is 5. The molecule has 0 saturated carbocycles. The molecular formula is C22H21F2N7. The largest absolute Gasteiger partial charge is 0.356 e. The number of pyridine rings is 1. The second-order valence-corrected chi connectivity index (χ2v) is 7.74. The van der Waals surface area contributed by atoms with Crippen LogP contribution in [0.2, 0.25) is 0 Å². The van der Waals surface area contributed by atoms with Gasteiger partial charge in [-0.3, -0.25) is 0 Å². The number of anilines is 2. The van der Waals surface area contributed by atoms with E-state index in [1.165, 1.54) is 6.07 Å². The molecule has 3 aromatic heterocycles. The summed E-state index contributed by atoms with van der Waals surface area (Å²) in [6, 6.07) is 7.93. The number of halogens is 2. The Balaban J connectivity index is 1.36. The Hall–Kier alpha value is -3.62. The van der Waals surface area contributed by atoms with Gasteiger partial charge in [-0.25, -0.2) is 23.3 Å². The average molecular weight is 421 g/mol. The Labute approximate surface area is 177 Å². The molecular weight excluding hydrogens is 400 g/mol. The van der Waals surface area contributed by atoms with Gasteiger partial charge in [0.05, 0.1) is 0 Å². The highest BCUT2D eigenvalue weighted by molar-refractivity contribution is 5.78. The summed E-state index contributed by atoms with van der Waals surface area (Å²) in [6.45, 7) is 3.68. The molecule has 0 bridgehead atoms. The van der Waals surface area contributed by atoms with Gasteiger partial charge in [0.25, 0.3) is 0 Å². The Morgan fingerprint density at radius 1 is 1.06 bits per heavy atom. The van der Waals surface area contributed by atoms with Crippen molar-refractivity contribution in [3.63, 3.8) is 0 Å². The monoisotopic (exact) mass is 421 g/mol. The number of nitrogens with one attached hydrogen (secondary N) is 1. The zero-order chi connectivity index (χ0) is 21.4. The van der Waals surface area contributed by atoms with Gasteiger partial charge in [0.2, 0.25) is 5.95 Å². The fourth-order valence-electron chi connectivity index (χ4n) is 3.96. The van der Waals surface area contributed by atoms with Gasteiger partial charge in [-0.15, -0.1) is 5.10 Å². The highest BCUT2D eigenvalue weighted by Gasteiger charge is 2.22. The Morgan fingerprint density at radius 3 is 2.65 bits per heavy atom.